The predicted molar refractivity (Wildman–Crippen MR) is 74.2 cm³/mol. The van der Waals surface area contributed by atoms with Crippen LogP contribution in [0.1, 0.15) is 34.6 Å². The van der Waals surface area contributed by atoms with E-state index in [1.165, 1.54) is 6.92 Å². The third-order valence-electron chi connectivity index (χ3n) is 3.44. The zero-order chi connectivity index (χ0) is 17.7. The summed E-state index contributed by atoms with van der Waals surface area (Å²) in [6, 6.07) is 0. The molecule has 0 fully saturated rings. The highest BCUT2D eigenvalue weighted by Crippen LogP contribution is 2.49. The summed E-state index contributed by atoms with van der Waals surface area (Å²) < 4.78 is 77.9. The van der Waals surface area contributed by atoms with Gasteiger partial charge in [0.1, 0.15) is 0 Å². The summed E-state index contributed by atoms with van der Waals surface area (Å²) in [6.07, 6.45) is -4.93. The van der Waals surface area contributed by atoms with Gasteiger partial charge in [-0.15, -0.1) is 0 Å². The molecule has 124 valence electrons. The Bertz CT molecular complexity index is 591. The SMILES string of the molecule is C=C(C)C1=C(C)C(C(C)(C)C)=C/C1=C(\F)C(F)(F)C(F)(F)F. The van der Waals surface area contributed by atoms with Crippen molar-refractivity contribution >= 4 is 0 Å². The van der Waals surface area contributed by atoms with Gasteiger partial charge in [0, 0.05) is 5.57 Å². The Balaban J connectivity index is 3.68. The van der Waals surface area contributed by atoms with Crippen LogP contribution in [-0.2, 0) is 0 Å². The van der Waals surface area contributed by atoms with Gasteiger partial charge in [0.15, 0.2) is 5.83 Å². The average Bonchev–Trinajstić information content (AvgIpc) is 2.63. The number of alkyl halides is 5. The van der Waals surface area contributed by atoms with Crippen molar-refractivity contribution in [3.8, 4) is 0 Å². The Morgan fingerprint density at radius 3 is 1.82 bits per heavy atom. The third-order valence-corrected chi connectivity index (χ3v) is 3.44. The van der Waals surface area contributed by atoms with E-state index >= 15 is 0 Å². The molecule has 1 aliphatic rings. The Kier molecular flexibility index (Phi) is 4.49. The molecule has 1 aliphatic carbocycles. The van der Waals surface area contributed by atoms with Gasteiger partial charge in [0.25, 0.3) is 0 Å². The molecular weight excluding hydrogens is 306 g/mol. The van der Waals surface area contributed by atoms with Crippen molar-refractivity contribution in [1.29, 1.82) is 0 Å². The van der Waals surface area contributed by atoms with Crippen LogP contribution in [0.25, 0.3) is 0 Å². The van der Waals surface area contributed by atoms with Gasteiger partial charge >= 0.3 is 12.1 Å². The Labute approximate surface area is 125 Å². The zero-order valence-corrected chi connectivity index (χ0v) is 13.1. The number of hydrogen-bond acceptors (Lipinski definition) is 0. The van der Waals surface area contributed by atoms with Crippen molar-refractivity contribution in [2.75, 3.05) is 0 Å². The third kappa shape index (κ3) is 3.01. The van der Waals surface area contributed by atoms with Crippen LogP contribution in [0.2, 0.25) is 0 Å². The topological polar surface area (TPSA) is 0 Å². The van der Waals surface area contributed by atoms with Gasteiger partial charge < -0.3 is 0 Å². The summed E-state index contributed by atoms with van der Waals surface area (Å²) in [5.74, 6) is -8.02. The maximum absolute atomic E-state index is 14.0. The summed E-state index contributed by atoms with van der Waals surface area (Å²) in [5, 5.41) is 0. The summed E-state index contributed by atoms with van der Waals surface area (Å²) >= 11 is 0. The maximum Gasteiger partial charge on any atom is 0.460 e. The van der Waals surface area contributed by atoms with Crippen LogP contribution in [0.15, 0.2) is 46.3 Å². The predicted octanol–water partition coefficient (Wildman–Crippen LogP) is 6.29. The molecule has 0 aromatic carbocycles. The molecule has 0 atom stereocenters. The van der Waals surface area contributed by atoms with Gasteiger partial charge in [-0.25, -0.2) is 4.39 Å². The second kappa shape index (κ2) is 5.32. The fraction of sp³-hybridized carbons (Fsp3) is 0.500. The van der Waals surface area contributed by atoms with Gasteiger partial charge in [0.05, 0.1) is 0 Å². The lowest BCUT2D eigenvalue weighted by Gasteiger charge is -2.21. The molecular formula is C16H18F6. The van der Waals surface area contributed by atoms with E-state index in [4.69, 9.17) is 0 Å². The summed E-state index contributed by atoms with van der Waals surface area (Å²) in [7, 11) is 0. The van der Waals surface area contributed by atoms with Crippen molar-refractivity contribution in [2.24, 2.45) is 5.41 Å². The van der Waals surface area contributed by atoms with E-state index in [0.717, 1.165) is 6.08 Å². The lowest BCUT2D eigenvalue weighted by molar-refractivity contribution is -0.270. The first-order chi connectivity index (χ1) is 9.62. The highest BCUT2D eigenvalue weighted by Gasteiger charge is 2.62. The first-order valence-corrected chi connectivity index (χ1v) is 6.56. The lowest BCUT2D eigenvalue weighted by atomic mass is 9.83. The van der Waals surface area contributed by atoms with E-state index in [1.54, 1.807) is 27.7 Å². The monoisotopic (exact) mass is 324 g/mol. The summed E-state index contributed by atoms with van der Waals surface area (Å²) in [5.41, 5.74) is -0.0585. The van der Waals surface area contributed by atoms with E-state index in [-0.39, 0.29) is 11.1 Å². The highest BCUT2D eigenvalue weighted by molar-refractivity contribution is 5.66. The molecule has 0 radical (unpaired) electrons. The van der Waals surface area contributed by atoms with Gasteiger partial charge in [0.2, 0.25) is 0 Å². The first kappa shape index (κ1) is 18.6. The molecule has 0 spiro atoms. The van der Waals surface area contributed by atoms with Gasteiger partial charge in [-0.05, 0) is 42.1 Å². The molecule has 0 aliphatic heterocycles. The zero-order valence-electron chi connectivity index (χ0n) is 13.1. The number of halogens is 6. The first-order valence-electron chi connectivity index (χ1n) is 6.56. The molecule has 22 heavy (non-hydrogen) atoms. The van der Waals surface area contributed by atoms with E-state index in [2.05, 4.69) is 6.58 Å². The minimum Gasteiger partial charge on any atom is -0.204 e. The van der Waals surface area contributed by atoms with Gasteiger partial charge in [-0.1, -0.05) is 32.9 Å². The fourth-order valence-electron chi connectivity index (χ4n) is 2.46. The van der Waals surface area contributed by atoms with E-state index in [1.807, 2.05) is 0 Å². The normalized spacial score (nSPS) is 19.5. The Hall–Kier alpha value is -1.46. The number of hydrogen-bond donors (Lipinski definition) is 0. The summed E-state index contributed by atoms with van der Waals surface area (Å²) in [4.78, 5) is 0. The molecule has 0 aromatic heterocycles. The average molecular weight is 324 g/mol. The Morgan fingerprint density at radius 2 is 1.50 bits per heavy atom. The van der Waals surface area contributed by atoms with Gasteiger partial charge in [-0.3, -0.25) is 0 Å². The summed E-state index contributed by atoms with van der Waals surface area (Å²) in [6.45, 7) is 11.9. The van der Waals surface area contributed by atoms with Gasteiger partial charge in [-0.2, -0.15) is 22.0 Å². The molecule has 0 saturated heterocycles. The quantitative estimate of drug-likeness (QED) is 0.524. The number of allylic oxidation sites excluding steroid dienone is 7. The molecule has 0 N–H and O–H groups in total. The van der Waals surface area contributed by atoms with Crippen molar-refractivity contribution in [2.45, 2.75) is 46.7 Å². The Morgan fingerprint density at radius 1 is 1.05 bits per heavy atom. The smallest absolute Gasteiger partial charge is 0.204 e. The molecule has 0 bridgehead atoms. The van der Waals surface area contributed by atoms with Crippen molar-refractivity contribution in [1.82, 2.24) is 0 Å². The molecule has 1 rings (SSSR count). The standard InChI is InChI=1S/C16H18F6/c1-8(2)12-9(3)11(14(4,5)6)7-10(12)13(17)15(18,19)16(20,21)22/h7H,1H2,2-6H3/b13-10+. The molecule has 0 nitrogen and oxygen atoms in total. The van der Waals surface area contributed by atoms with Crippen LogP contribution in [0.5, 0.6) is 0 Å². The van der Waals surface area contributed by atoms with E-state index < -0.39 is 28.9 Å². The molecule has 6 heteroatoms. The van der Waals surface area contributed by atoms with Crippen LogP contribution in [0, 0.1) is 5.41 Å². The molecule has 0 unspecified atom stereocenters. The lowest BCUT2D eigenvalue weighted by Crippen LogP contribution is -2.37. The second-order valence-corrected chi connectivity index (χ2v) is 6.39. The second-order valence-electron chi connectivity index (χ2n) is 6.39. The molecule has 0 amide bonds. The fourth-order valence-corrected chi connectivity index (χ4v) is 2.46. The maximum atomic E-state index is 14.0. The minimum atomic E-state index is -5.99. The largest absolute Gasteiger partial charge is 0.460 e. The molecule has 0 aromatic rings. The van der Waals surface area contributed by atoms with E-state index in [9.17, 15) is 26.3 Å². The van der Waals surface area contributed by atoms with Crippen molar-refractivity contribution in [3.05, 3.63) is 46.3 Å². The van der Waals surface area contributed by atoms with Crippen LogP contribution in [0.3, 0.4) is 0 Å². The van der Waals surface area contributed by atoms with Crippen LogP contribution < -0.4 is 0 Å². The minimum absolute atomic E-state index is 0.00588. The van der Waals surface area contributed by atoms with Crippen LogP contribution in [0.4, 0.5) is 26.3 Å². The molecule has 0 heterocycles. The van der Waals surface area contributed by atoms with E-state index in [0.29, 0.717) is 11.1 Å². The highest BCUT2D eigenvalue weighted by atomic mass is 19.4. The van der Waals surface area contributed by atoms with Crippen molar-refractivity contribution < 1.29 is 26.3 Å². The van der Waals surface area contributed by atoms with Crippen molar-refractivity contribution in [3.63, 3.8) is 0 Å². The number of rotatable bonds is 2. The van der Waals surface area contributed by atoms with Crippen LogP contribution in [-0.4, -0.2) is 12.1 Å². The molecule has 0 saturated carbocycles. The van der Waals surface area contributed by atoms with Crippen LogP contribution >= 0.6 is 0 Å².